The van der Waals surface area contributed by atoms with Crippen molar-refractivity contribution in [2.75, 3.05) is 62.2 Å². The van der Waals surface area contributed by atoms with E-state index >= 15 is 0 Å². The van der Waals surface area contributed by atoms with E-state index in [0.29, 0.717) is 0 Å². The van der Waals surface area contributed by atoms with Crippen molar-refractivity contribution in [3.63, 3.8) is 0 Å². The van der Waals surface area contributed by atoms with Gasteiger partial charge in [0.2, 0.25) is 5.95 Å². The summed E-state index contributed by atoms with van der Waals surface area (Å²) in [5.41, 5.74) is 2.77. The minimum atomic E-state index is 0.869. The molecule has 2 aliphatic rings. The van der Waals surface area contributed by atoms with Gasteiger partial charge in [-0.1, -0.05) is 60.7 Å². The molecule has 0 bridgehead atoms. The fourth-order valence-electron chi connectivity index (χ4n) is 4.59. The van der Waals surface area contributed by atoms with Crippen LogP contribution in [0.3, 0.4) is 0 Å². The number of rotatable bonds is 6. The van der Waals surface area contributed by atoms with Gasteiger partial charge in [0.25, 0.3) is 0 Å². The molecule has 0 N–H and O–H groups in total. The first-order chi connectivity index (χ1) is 15.8. The molecule has 2 aliphatic heterocycles. The average molecular weight is 429 g/mol. The molecule has 2 fully saturated rings. The molecule has 1 aromatic heterocycles. The normalized spacial score (nSPS) is 18.1. The number of hydrogen-bond donors (Lipinski definition) is 0. The van der Waals surface area contributed by atoms with Gasteiger partial charge >= 0.3 is 0 Å². The Bertz CT molecular complexity index is 887. The van der Waals surface area contributed by atoms with Gasteiger partial charge in [-0.15, -0.1) is 0 Å². The predicted octanol–water partition coefficient (Wildman–Crippen LogP) is 3.12. The van der Waals surface area contributed by atoms with Crippen molar-refractivity contribution in [2.45, 2.75) is 13.1 Å². The largest absolute Gasteiger partial charge is 0.354 e. The quantitative estimate of drug-likeness (QED) is 0.601. The third kappa shape index (κ3) is 5.26. The van der Waals surface area contributed by atoms with Crippen LogP contribution in [0, 0.1) is 0 Å². The molecule has 32 heavy (non-hydrogen) atoms. The lowest BCUT2D eigenvalue weighted by molar-refractivity contribution is 0.247. The second-order valence-corrected chi connectivity index (χ2v) is 8.71. The molecule has 3 heterocycles. The highest BCUT2D eigenvalue weighted by atomic mass is 15.3. The van der Waals surface area contributed by atoms with Crippen LogP contribution in [0.1, 0.15) is 11.1 Å². The van der Waals surface area contributed by atoms with Gasteiger partial charge in [0.1, 0.15) is 5.82 Å². The van der Waals surface area contributed by atoms with Crippen molar-refractivity contribution in [2.24, 2.45) is 0 Å². The summed E-state index contributed by atoms with van der Waals surface area (Å²) in [6.07, 6.45) is 1.92. The lowest BCUT2D eigenvalue weighted by Crippen LogP contribution is -2.47. The minimum Gasteiger partial charge on any atom is -0.354 e. The molecule has 0 aliphatic carbocycles. The first-order valence-electron chi connectivity index (χ1n) is 11.7. The standard InChI is InChI=1S/C26H32N6/c1-3-7-23(8-4-1)21-29-13-17-31(18-14-29)25-11-12-27-26(28-25)32-19-15-30(16-20-32)22-24-9-5-2-6-10-24/h1-12H,13-22H2. The molecule has 166 valence electrons. The summed E-state index contributed by atoms with van der Waals surface area (Å²) in [5.74, 6) is 1.93. The maximum Gasteiger partial charge on any atom is 0.227 e. The van der Waals surface area contributed by atoms with Crippen LogP contribution in [0.4, 0.5) is 11.8 Å². The molecule has 0 amide bonds. The lowest BCUT2D eigenvalue weighted by atomic mass is 10.2. The van der Waals surface area contributed by atoms with Gasteiger partial charge in [0.15, 0.2) is 0 Å². The lowest BCUT2D eigenvalue weighted by Gasteiger charge is -2.37. The summed E-state index contributed by atoms with van der Waals surface area (Å²) >= 11 is 0. The molecule has 2 aromatic carbocycles. The van der Waals surface area contributed by atoms with Crippen molar-refractivity contribution >= 4 is 11.8 Å². The Morgan fingerprint density at radius 1 is 0.562 bits per heavy atom. The maximum absolute atomic E-state index is 4.94. The Kier molecular flexibility index (Phi) is 6.61. The van der Waals surface area contributed by atoms with Crippen molar-refractivity contribution in [3.05, 3.63) is 84.1 Å². The van der Waals surface area contributed by atoms with E-state index in [1.165, 1.54) is 11.1 Å². The molecule has 6 nitrogen and oxygen atoms in total. The molecule has 0 unspecified atom stereocenters. The topological polar surface area (TPSA) is 38.7 Å². The fourth-order valence-corrected chi connectivity index (χ4v) is 4.59. The zero-order valence-electron chi connectivity index (χ0n) is 18.7. The fraction of sp³-hybridized carbons (Fsp3) is 0.385. The van der Waals surface area contributed by atoms with Crippen molar-refractivity contribution in [1.82, 2.24) is 19.8 Å². The number of benzene rings is 2. The zero-order valence-corrected chi connectivity index (χ0v) is 18.7. The van der Waals surface area contributed by atoms with Crippen LogP contribution in [0.15, 0.2) is 72.9 Å². The molecule has 6 heteroatoms. The highest BCUT2D eigenvalue weighted by molar-refractivity contribution is 5.44. The van der Waals surface area contributed by atoms with Crippen LogP contribution in [-0.2, 0) is 13.1 Å². The smallest absolute Gasteiger partial charge is 0.227 e. The van der Waals surface area contributed by atoms with Gasteiger partial charge in [-0.2, -0.15) is 4.98 Å². The molecule has 0 atom stereocenters. The minimum absolute atomic E-state index is 0.869. The van der Waals surface area contributed by atoms with E-state index in [4.69, 9.17) is 4.98 Å². The maximum atomic E-state index is 4.94. The summed E-state index contributed by atoms with van der Waals surface area (Å²) in [6.45, 7) is 10.2. The summed E-state index contributed by atoms with van der Waals surface area (Å²) in [7, 11) is 0. The van der Waals surface area contributed by atoms with E-state index in [0.717, 1.165) is 77.2 Å². The Labute approximate surface area is 191 Å². The summed E-state index contributed by atoms with van der Waals surface area (Å²) in [6, 6.07) is 23.5. The Morgan fingerprint density at radius 2 is 1.06 bits per heavy atom. The molecule has 5 rings (SSSR count). The van der Waals surface area contributed by atoms with E-state index in [2.05, 4.69) is 91.3 Å². The van der Waals surface area contributed by atoms with Gasteiger partial charge in [0.05, 0.1) is 0 Å². The highest BCUT2D eigenvalue weighted by Gasteiger charge is 2.22. The first kappa shape index (κ1) is 20.9. The molecule has 3 aromatic rings. The Balaban J connectivity index is 1.13. The SMILES string of the molecule is c1ccc(CN2CCN(c3ccnc(N4CCN(Cc5ccccc5)CC4)n3)CC2)cc1. The molecular weight excluding hydrogens is 396 g/mol. The first-order valence-corrected chi connectivity index (χ1v) is 11.7. The van der Waals surface area contributed by atoms with E-state index < -0.39 is 0 Å². The third-order valence-corrected chi connectivity index (χ3v) is 6.48. The summed E-state index contributed by atoms with van der Waals surface area (Å²) < 4.78 is 0. The van der Waals surface area contributed by atoms with Crippen LogP contribution < -0.4 is 9.80 Å². The number of anilines is 2. The summed E-state index contributed by atoms with van der Waals surface area (Å²) in [5, 5.41) is 0. The molecule has 0 saturated carbocycles. The van der Waals surface area contributed by atoms with Crippen LogP contribution in [0.5, 0.6) is 0 Å². The Hall–Kier alpha value is -2.96. The molecule has 2 saturated heterocycles. The van der Waals surface area contributed by atoms with Crippen LogP contribution in [-0.4, -0.2) is 72.1 Å². The zero-order chi connectivity index (χ0) is 21.6. The molecule has 0 radical (unpaired) electrons. The van der Waals surface area contributed by atoms with Gasteiger partial charge in [-0.05, 0) is 17.2 Å². The van der Waals surface area contributed by atoms with E-state index in [9.17, 15) is 0 Å². The second kappa shape index (κ2) is 10.1. The van der Waals surface area contributed by atoms with E-state index in [-0.39, 0.29) is 0 Å². The van der Waals surface area contributed by atoms with Gasteiger partial charge < -0.3 is 9.80 Å². The van der Waals surface area contributed by atoms with Crippen LogP contribution in [0.2, 0.25) is 0 Å². The van der Waals surface area contributed by atoms with E-state index in [1.54, 1.807) is 0 Å². The monoisotopic (exact) mass is 428 g/mol. The molecular formula is C26H32N6. The van der Waals surface area contributed by atoms with Gasteiger partial charge in [0, 0.05) is 71.6 Å². The van der Waals surface area contributed by atoms with E-state index in [1.807, 2.05) is 6.20 Å². The number of aromatic nitrogens is 2. The van der Waals surface area contributed by atoms with Crippen molar-refractivity contribution < 1.29 is 0 Å². The third-order valence-electron chi connectivity index (χ3n) is 6.48. The second-order valence-electron chi connectivity index (χ2n) is 8.71. The van der Waals surface area contributed by atoms with Gasteiger partial charge in [-0.3, -0.25) is 9.80 Å². The van der Waals surface area contributed by atoms with Crippen molar-refractivity contribution in [1.29, 1.82) is 0 Å². The Morgan fingerprint density at radius 3 is 1.59 bits per heavy atom. The van der Waals surface area contributed by atoms with Crippen LogP contribution in [0.25, 0.3) is 0 Å². The number of hydrogen-bond acceptors (Lipinski definition) is 6. The highest BCUT2D eigenvalue weighted by Crippen LogP contribution is 2.19. The molecule has 0 spiro atoms. The van der Waals surface area contributed by atoms with Gasteiger partial charge in [-0.25, -0.2) is 4.98 Å². The van der Waals surface area contributed by atoms with Crippen LogP contribution >= 0.6 is 0 Å². The number of piperazine rings is 2. The summed E-state index contributed by atoms with van der Waals surface area (Å²) in [4.78, 5) is 19.3. The predicted molar refractivity (Wildman–Crippen MR) is 130 cm³/mol. The van der Waals surface area contributed by atoms with Crippen molar-refractivity contribution in [3.8, 4) is 0 Å². The average Bonchev–Trinajstić information content (AvgIpc) is 2.86. The number of nitrogens with zero attached hydrogens (tertiary/aromatic N) is 6.